The first-order valence-electron chi connectivity index (χ1n) is 12.3. The normalized spacial score (nSPS) is 23.2. The summed E-state index contributed by atoms with van der Waals surface area (Å²) < 4.78 is 3.60. The third-order valence-electron chi connectivity index (χ3n) is 6.54. The van der Waals surface area contributed by atoms with Gasteiger partial charge in [0.2, 0.25) is 0 Å². The highest BCUT2D eigenvalue weighted by Crippen LogP contribution is 2.35. The Hall–Kier alpha value is -3.62. The second-order valence-corrected chi connectivity index (χ2v) is 9.94. The lowest BCUT2D eigenvalue weighted by Crippen LogP contribution is -2.35. The predicted octanol–water partition coefficient (Wildman–Crippen LogP) is 5.24. The van der Waals surface area contributed by atoms with E-state index in [1.165, 1.54) is 0 Å². The van der Waals surface area contributed by atoms with Crippen LogP contribution < -0.4 is 4.57 Å². The number of aliphatic imine (C=N–C) groups is 2. The number of aryl methyl sites for hydroxylation is 2. The molecule has 0 saturated heterocycles. The number of allylic oxidation sites excluding steroid dienone is 10. The van der Waals surface area contributed by atoms with Crippen LogP contribution in [0, 0.1) is 0 Å². The minimum absolute atomic E-state index is 0.0987. The Morgan fingerprint density at radius 2 is 1.53 bits per heavy atom. The lowest BCUT2D eigenvalue weighted by molar-refractivity contribution is -0.672. The molecule has 0 saturated carbocycles. The molecule has 1 N–H and O–H groups in total. The van der Waals surface area contributed by atoms with E-state index in [0.717, 1.165) is 22.3 Å². The molecule has 0 bridgehead atoms. The summed E-state index contributed by atoms with van der Waals surface area (Å²) in [5.41, 5.74) is 4.10. The first-order chi connectivity index (χ1) is 18.0. The van der Waals surface area contributed by atoms with Gasteiger partial charge in [-0.05, 0) is 63.1 Å². The number of carbonyl (C=O) groups excluding carboxylic acids is 1. The quantitative estimate of drug-likeness (QED) is 0.408. The van der Waals surface area contributed by atoms with Crippen molar-refractivity contribution in [3.63, 3.8) is 0 Å². The van der Waals surface area contributed by atoms with Gasteiger partial charge in [-0.1, -0.05) is 23.2 Å². The maximum absolute atomic E-state index is 13.0. The summed E-state index contributed by atoms with van der Waals surface area (Å²) in [6, 6.07) is 0. The molecule has 4 rings (SSSR count). The van der Waals surface area contributed by atoms with E-state index in [0.29, 0.717) is 46.2 Å². The molecule has 1 aromatic rings. The van der Waals surface area contributed by atoms with Crippen molar-refractivity contribution in [2.75, 3.05) is 13.6 Å². The molecule has 0 spiro atoms. The van der Waals surface area contributed by atoms with Gasteiger partial charge in [0, 0.05) is 37.1 Å². The minimum Gasteiger partial charge on any atom is -0.491 e. The van der Waals surface area contributed by atoms with Gasteiger partial charge in [-0.15, -0.1) is 0 Å². The Labute approximate surface area is 232 Å². The third-order valence-corrected chi connectivity index (χ3v) is 7.16. The van der Waals surface area contributed by atoms with Crippen molar-refractivity contribution < 1.29 is 14.5 Å². The average Bonchev–Trinajstić information content (AvgIpc) is 3.44. The smallest absolute Gasteiger partial charge is 0.360 e. The van der Waals surface area contributed by atoms with Crippen molar-refractivity contribution >= 4 is 40.5 Å². The zero-order valence-electron chi connectivity index (χ0n) is 22.3. The van der Waals surface area contributed by atoms with Crippen LogP contribution in [0.25, 0.3) is 0 Å². The van der Waals surface area contributed by atoms with Crippen molar-refractivity contribution in [2.45, 2.75) is 34.2 Å². The molecule has 2 aliphatic carbocycles. The van der Waals surface area contributed by atoms with Crippen LogP contribution in [0.3, 0.4) is 0 Å². The Morgan fingerprint density at radius 1 is 0.947 bits per heavy atom. The maximum atomic E-state index is 13.0. The number of imidazole rings is 1. The lowest BCUT2D eigenvalue weighted by Gasteiger charge is -2.21. The third kappa shape index (κ3) is 5.19. The maximum Gasteiger partial charge on any atom is 0.360 e. The highest BCUT2D eigenvalue weighted by atomic mass is 35.5. The summed E-state index contributed by atoms with van der Waals surface area (Å²) in [6.07, 6.45) is 14.6. The molecule has 0 radical (unpaired) electrons. The summed E-state index contributed by atoms with van der Waals surface area (Å²) in [4.78, 5) is 25.5. The van der Waals surface area contributed by atoms with E-state index in [9.17, 15) is 9.90 Å². The molecule has 1 aromatic heterocycles. The van der Waals surface area contributed by atoms with E-state index < -0.39 is 0 Å². The molecule has 0 fully saturated rings. The van der Waals surface area contributed by atoms with Crippen molar-refractivity contribution in [1.29, 1.82) is 0 Å². The number of amides is 1. The molecule has 1 aliphatic heterocycles. The van der Waals surface area contributed by atoms with Crippen LogP contribution in [-0.2, 0) is 13.6 Å². The van der Waals surface area contributed by atoms with Crippen LogP contribution in [-0.4, -0.2) is 50.4 Å². The molecule has 38 heavy (non-hydrogen) atoms. The van der Waals surface area contributed by atoms with Gasteiger partial charge in [-0.2, -0.15) is 0 Å². The Bertz CT molecular complexity index is 1480. The molecule has 0 atom stereocenters. The second-order valence-electron chi connectivity index (χ2n) is 9.13. The number of nitrogens with zero attached hydrogens (tertiary/aromatic N) is 6. The number of rotatable bonds is 4. The summed E-state index contributed by atoms with van der Waals surface area (Å²) in [7, 11) is 3.67. The summed E-state index contributed by atoms with van der Waals surface area (Å²) in [5, 5.41) is 11.6. The van der Waals surface area contributed by atoms with Gasteiger partial charge < -0.3 is 14.9 Å². The minimum atomic E-state index is -0.343. The molecule has 0 unspecified atom stereocenters. The van der Waals surface area contributed by atoms with E-state index in [1.54, 1.807) is 16.7 Å². The Morgan fingerprint density at radius 3 is 2.08 bits per heavy atom. The van der Waals surface area contributed by atoms with E-state index in [2.05, 4.69) is 9.98 Å². The number of aliphatic hydroxyl groups is 1. The van der Waals surface area contributed by atoms with Gasteiger partial charge in [0.25, 0.3) is 5.88 Å². The van der Waals surface area contributed by atoms with Gasteiger partial charge >= 0.3 is 11.7 Å². The highest BCUT2D eigenvalue weighted by Gasteiger charge is 2.26. The largest absolute Gasteiger partial charge is 0.491 e. The van der Waals surface area contributed by atoms with Crippen LogP contribution in [0.1, 0.15) is 38.3 Å². The van der Waals surface area contributed by atoms with Gasteiger partial charge in [-0.3, -0.25) is 4.79 Å². The molecule has 1 amide bonds. The molecular weight excluding hydrogens is 523 g/mol. The molecular formula is C28H31Cl2N6O2+. The monoisotopic (exact) mass is 553 g/mol. The van der Waals surface area contributed by atoms with Gasteiger partial charge in [0.05, 0.1) is 35.1 Å². The molecule has 8 nitrogen and oxygen atoms in total. The van der Waals surface area contributed by atoms with Crippen molar-refractivity contribution in [2.24, 2.45) is 17.0 Å². The second kappa shape index (κ2) is 11.0. The number of aromatic nitrogens is 2. The van der Waals surface area contributed by atoms with E-state index in [-0.39, 0.29) is 11.8 Å². The van der Waals surface area contributed by atoms with Gasteiger partial charge in [0.1, 0.15) is 12.4 Å². The van der Waals surface area contributed by atoms with E-state index in [1.807, 2.05) is 93.1 Å². The van der Waals surface area contributed by atoms with Crippen LogP contribution in [0.5, 0.6) is 0 Å². The first-order valence-corrected chi connectivity index (χ1v) is 13.1. The number of hydrogen-bond donors (Lipinski definition) is 1. The lowest BCUT2D eigenvalue weighted by atomic mass is 9.92. The van der Waals surface area contributed by atoms with Crippen LogP contribution in [0.4, 0.5) is 0 Å². The van der Waals surface area contributed by atoms with Gasteiger partial charge in [-0.25, -0.2) is 19.1 Å². The zero-order chi connectivity index (χ0) is 27.7. The van der Waals surface area contributed by atoms with E-state index >= 15 is 0 Å². The summed E-state index contributed by atoms with van der Waals surface area (Å²) in [6.45, 7) is 9.11. The fourth-order valence-electron chi connectivity index (χ4n) is 4.44. The number of hydrogen-bond acceptors (Lipinski definition) is 5. The fraction of sp³-hybridized carbons (Fsp3) is 0.286. The standard InChI is InChI=1S/C28H30Cl2N6O2/c1-7-35-11-9-33(5)27(35)25(37)31-23-15-21(29)19(13-17(23)3)20-14-18(4)24(16-22(20)30)32-26(38)28-34(6)10-12-36(28)8-2/h9-16H,7-8H2,1-6H3/p+1/b20-19-,27-25+,31-23+,32-24?. The summed E-state index contributed by atoms with van der Waals surface area (Å²) >= 11 is 13.4. The number of halogens is 2. The van der Waals surface area contributed by atoms with Crippen molar-refractivity contribution in [3.8, 4) is 0 Å². The zero-order valence-corrected chi connectivity index (χ0v) is 23.8. The van der Waals surface area contributed by atoms with Gasteiger partial charge in [0.15, 0.2) is 5.82 Å². The van der Waals surface area contributed by atoms with Crippen LogP contribution >= 0.6 is 23.2 Å². The average molecular weight is 555 g/mol. The summed E-state index contributed by atoms with van der Waals surface area (Å²) in [5.74, 6) is 0.646. The van der Waals surface area contributed by atoms with Crippen LogP contribution in [0.15, 0.2) is 103 Å². The molecule has 10 heteroatoms. The topological polar surface area (TPSA) is 77.3 Å². The van der Waals surface area contributed by atoms with Crippen molar-refractivity contribution in [1.82, 2.24) is 14.4 Å². The molecule has 198 valence electrons. The van der Waals surface area contributed by atoms with E-state index in [4.69, 9.17) is 23.2 Å². The molecule has 3 aliphatic rings. The number of aliphatic hydroxyl groups excluding tert-OH is 1. The SMILES string of the molecule is CCN1C=CN(C)/C1=C(O)/N=C1C=C(Cl)/C(=C2/C=C(C)C(=NC(=O)c3n(CC)cc[n+]3C)C=C2Cl)C=C\1C. The van der Waals surface area contributed by atoms with Crippen LogP contribution in [0.2, 0.25) is 0 Å². The Balaban J connectivity index is 1.67. The number of carbonyl (C=O) groups is 1. The fourth-order valence-corrected chi connectivity index (χ4v) is 4.96. The molecule has 2 heterocycles. The molecule has 0 aromatic carbocycles. The highest BCUT2D eigenvalue weighted by molar-refractivity contribution is 6.38. The Kier molecular flexibility index (Phi) is 7.94. The van der Waals surface area contributed by atoms with Crippen molar-refractivity contribution in [3.05, 3.63) is 99.0 Å². The predicted molar refractivity (Wildman–Crippen MR) is 152 cm³/mol. The first kappa shape index (κ1) is 27.4.